The van der Waals surface area contributed by atoms with E-state index in [2.05, 4.69) is 20.8 Å². The molecular weight excluding hydrogens is 210 g/mol. The second-order valence-corrected chi connectivity index (χ2v) is 4.91. The van der Waals surface area contributed by atoms with Crippen LogP contribution in [0.3, 0.4) is 0 Å². The molecule has 1 aromatic carbocycles. The zero-order valence-corrected chi connectivity index (χ0v) is 11.3. The van der Waals surface area contributed by atoms with Crippen LogP contribution in [0.5, 0.6) is 5.75 Å². The lowest BCUT2D eigenvalue weighted by molar-refractivity contribution is 0.472. The molecule has 96 valence electrons. The van der Waals surface area contributed by atoms with Gasteiger partial charge < -0.3 is 10.8 Å². The molecule has 0 saturated carbocycles. The van der Waals surface area contributed by atoms with E-state index >= 15 is 0 Å². The summed E-state index contributed by atoms with van der Waals surface area (Å²) >= 11 is 0. The highest BCUT2D eigenvalue weighted by Crippen LogP contribution is 2.33. The third-order valence-corrected chi connectivity index (χ3v) is 3.38. The van der Waals surface area contributed by atoms with Crippen molar-refractivity contribution >= 4 is 0 Å². The molecule has 0 aliphatic rings. The standard InChI is InChI=1S/C15H25NO/c1-4-6-13(7-5-8-16)15-11(2)9-14(17)10-12(15)3/h9-10,13,17H,4-8,16H2,1-3H3. The first-order valence-electron chi connectivity index (χ1n) is 6.60. The molecule has 1 aromatic rings. The van der Waals surface area contributed by atoms with Crippen molar-refractivity contribution in [2.75, 3.05) is 6.54 Å². The number of phenols is 1. The van der Waals surface area contributed by atoms with Crippen molar-refractivity contribution < 1.29 is 5.11 Å². The van der Waals surface area contributed by atoms with E-state index in [4.69, 9.17) is 5.73 Å². The molecule has 0 bridgehead atoms. The molecule has 1 unspecified atom stereocenters. The summed E-state index contributed by atoms with van der Waals surface area (Å²) in [4.78, 5) is 0. The topological polar surface area (TPSA) is 46.2 Å². The van der Waals surface area contributed by atoms with E-state index in [1.54, 1.807) is 0 Å². The molecule has 0 aliphatic carbocycles. The largest absolute Gasteiger partial charge is 0.508 e. The molecule has 0 aliphatic heterocycles. The minimum absolute atomic E-state index is 0.373. The summed E-state index contributed by atoms with van der Waals surface area (Å²) in [6, 6.07) is 3.74. The van der Waals surface area contributed by atoms with Crippen molar-refractivity contribution in [2.24, 2.45) is 5.73 Å². The van der Waals surface area contributed by atoms with E-state index in [0.717, 1.165) is 19.4 Å². The van der Waals surface area contributed by atoms with Gasteiger partial charge in [-0.1, -0.05) is 13.3 Å². The first-order valence-corrected chi connectivity index (χ1v) is 6.60. The van der Waals surface area contributed by atoms with Crippen molar-refractivity contribution in [1.29, 1.82) is 0 Å². The lowest BCUT2D eigenvalue weighted by Crippen LogP contribution is -2.07. The Morgan fingerprint density at radius 3 is 2.24 bits per heavy atom. The van der Waals surface area contributed by atoms with Gasteiger partial charge in [0.05, 0.1) is 0 Å². The summed E-state index contributed by atoms with van der Waals surface area (Å²) in [6.45, 7) is 7.16. The summed E-state index contributed by atoms with van der Waals surface area (Å²) in [5, 5.41) is 9.59. The molecule has 0 saturated heterocycles. The van der Waals surface area contributed by atoms with Crippen LogP contribution in [0.4, 0.5) is 0 Å². The molecule has 1 atom stereocenters. The average molecular weight is 235 g/mol. The van der Waals surface area contributed by atoms with Gasteiger partial charge in [-0.25, -0.2) is 0 Å². The molecule has 0 spiro atoms. The smallest absolute Gasteiger partial charge is 0.116 e. The van der Waals surface area contributed by atoms with Gasteiger partial charge in [-0.15, -0.1) is 0 Å². The lowest BCUT2D eigenvalue weighted by atomic mass is 9.84. The van der Waals surface area contributed by atoms with Gasteiger partial charge in [0.25, 0.3) is 0 Å². The minimum Gasteiger partial charge on any atom is -0.508 e. The number of hydrogen-bond donors (Lipinski definition) is 2. The van der Waals surface area contributed by atoms with Crippen LogP contribution in [0, 0.1) is 13.8 Å². The number of rotatable bonds is 6. The molecule has 0 amide bonds. The van der Waals surface area contributed by atoms with Gasteiger partial charge >= 0.3 is 0 Å². The SMILES string of the molecule is CCCC(CCCN)c1c(C)cc(O)cc1C. The molecule has 0 heterocycles. The number of benzene rings is 1. The van der Waals surface area contributed by atoms with E-state index in [1.807, 2.05) is 12.1 Å². The molecule has 0 aromatic heterocycles. The predicted octanol–water partition coefficient (Wildman–Crippen LogP) is 3.63. The van der Waals surface area contributed by atoms with Crippen molar-refractivity contribution in [3.63, 3.8) is 0 Å². The summed E-state index contributed by atoms with van der Waals surface area (Å²) < 4.78 is 0. The fourth-order valence-corrected chi connectivity index (χ4v) is 2.74. The van der Waals surface area contributed by atoms with Crippen LogP contribution in [0.2, 0.25) is 0 Å². The van der Waals surface area contributed by atoms with E-state index in [1.165, 1.54) is 29.5 Å². The summed E-state index contributed by atoms with van der Waals surface area (Å²) in [5.41, 5.74) is 9.44. The number of nitrogens with two attached hydrogens (primary N) is 1. The summed E-state index contributed by atoms with van der Waals surface area (Å²) in [5.74, 6) is 0.960. The van der Waals surface area contributed by atoms with Gasteiger partial charge in [0, 0.05) is 0 Å². The highest BCUT2D eigenvalue weighted by atomic mass is 16.3. The Labute approximate surface area is 105 Å². The Kier molecular flexibility index (Phi) is 5.49. The Hall–Kier alpha value is -1.02. The summed E-state index contributed by atoms with van der Waals surface area (Å²) in [6.07, 6.45) is 4.61. The molecule has 1 rings (SSSR count). The fraction of sp³-hybridized carbons (Fsp3) is 0.600. The molecule has 0 fully saturated rings. The third kappa shape index (κ3) is 3.74. The van der Waals surface area contributed by atoms with Gasteiger partial charge in [0.15, 0.2) is 0 Å². The predicted molar refractivity (Wildman–Crippen MR) is 73.5 cm³/mol. The maximum absolute atomic E-state index is 9.59. The van der Waals surface area contributed by atoms with Gasteiger partial charge in [-0.3, -0.25) is 0 Å². The lowest BCUT2D eigenvalue weighted by Gasteiger charge is -2.21. The van der Waals surface area contributed by atoms with Crippen molar-refractivity contribution in [1.82, 2.24) is 0 Å². The second kappa shape index (κ2) is 6.65. The van der Waals surface area contributed by atoms with Crippen LogP contribution >= 0.6 is 0 Å². The van der Waals surface area contributed by atoms with E-state index in [-0.39, 0.29) is 0 Å². The molecule has 17 heavy (non-hydrogen) atoms. The van der Waals surface area contributed by atoms with E-state index in [9.17, 15) is 5.11 Å². The normalized spacial score (nSPS) is 12.7. The number of aryl methyl sites for hydroxylation is 2. The Morgan fingerprint density at radius 1 is 1.18 bits per heavy atom. The van der Waals surface area contributed by atoms with E-state index < -0.39 is 0 Å². The highest BCUT2D eigenvalue weighted by Gasteiger charge is 2.15. The van der Waals surface area contributed by atoms with Crippen molar-refractivity contribution in [3.8, 4) is 5.75 Å². The Morgan fingerprint density at radius 2 is 1.76 bits per heavy atom. The highest BCUT2D eigenvalue weighted by molar-refractivity contribution is 5.42. The van der Waals surface area contributed by atoms with Crippen LogP contribution in [0.25, 0.3) is 0 Å². The zero-order chi connectivity index (χ0) is 12.8. The second-order valence-electron chi connectivity index (χ2n) is 4.91. The summed E-state index contributed by atoms with van der Waals surface area (Å²) in [7, 11) is 0. The molecule has 2 nitrogen and oxygen atoms in total. The number of hydrogen-bond acceptors (Lipinski definition) is 2. The quantitative estimate of drug-likeness (QED) is 0.791. The molecule has 3 N–H and O–H groups in total. The molecule has 0 radical (unpaired) electrons. The first kappa shape index (κ1) is 14.0. The average Bonchev–Trinajstić information content (AvgIpc) is 2.24. The third-order valence-electron chi connectivity index (χ3n) is 3.38. The Bertz CT molecular complexity index is 337. The van der Waals surface area contributed by atoms with Crippen LogP contribution in [0.15, 0.2) is 12.1 Å². The van der Waals surface area contributed by atoms with Crippen LogP contribution in [-0.4, -0.2) is 11.7 Å². The van der Waals surface area contributed by atoms with Gasteiger partial charge in [-0.05, 0) is 74.4 Å². The van der Waals surface area contributed by atoms with Crippen LogP contribution in [0.1, 0.15) is 55.2 Å². The zero-order valence-electron chi connectivity index (χ0n) is 11.3. The van der Waals surface area contributed by atoms with Gasteiger partial charge in [0.2, 0.25) is 0 Å². The number of aromatic hydroxyl groups is 1. The first-order chi connectivity index (χ1) is 8.10. The van der Waals surface area contributed by atoms with Crippen molar-refractivity contribution in [3.05, 3.63) is 28.8 Å². The monoisotopic (exact) mass is 235 g/mol. The van der Waals surface area contributed by atoms with Gasteiger partial charge in [0.1, 0.15) is 5.75 Å². The number of phenolic OH excluding ortho intramolecular Hbond substituents is 1. The van der Waals surface area contributed by atoms with Crippen molar-refractivity contribution in [2.45, 2.75) is 52.4 Å². The maximum atomic E-state index is 9.59. The molecular formula is C15H25NO. The molecule has 2 heteroatoms. The maximum Gasteiger partial charge on any atom is 0.116 e. The minimum atomic E-state index is 0.373. The van der Waals surface area contributed by atoms with Crippen LogP contribution in [-0.2, 0) is 0 Å². The van der Waals surface area contributed by atoms with Crippen LogP contribution < -0.4 is 5.73 Å². The fourth-order valence-electron chi connectivity index (χ4n) is 2.74. The Balaban J connectivity index is 3.00. The van der Waals surface area contributed by atoms with Gasteiger partial charge in [-0.2, -0.15) is 0 Å². The van der Waals surface area contributed by atoms with E-state index in [0.29, 0.717) is 11.7 Å².